The lowest BCUT2D eigenvalue weighted by molar-refractivity contribution is -0.154. The van der Waals surface area contributed by atoms with Gasteiger partial charge in [0.05, 0.1) is 5.54 Å². The molecule has 0 bridgehead atoms. The first-order valence-corrected chi connectivity index (χ1v) is 16.6. The first-order chi connectivity index (χ1) is 25.2. The Morgan fingerprint density at radius 2 is 1.55 bits per heavy atom. The van der Waals surface area contributed by atoms with Crippen LogP contribution < -0.4 is 31.3 Å². The maximum absolute atomic E-state index is 12.9. The van der Waals surface area contributed by atoms with Crippen molar-refractivity contribution in [1.29, 1.82) is 0 Å². The maximum atomic E-state index is 12.9. The highest BCUT2D eigenvalue weighted by atomic mass is 35.5. The largest absolute Gasteiger partial charge is 0.454 e. The van der Waals surface area contributed by atoms with Gasteiger partial charge in [0.25, 0.3) is 5.91 Å². The van der Waals surface area contributed by atoms with Gasteiger partial charge in [-0.2, -0.15) is 28.1 Å². The van der Waals surface area contributed by atoms with Crippen molar-refractivity contribution in [2.24, 2.45) is 5.41 Å². The summed E-state index contributed by atoms with van der Waals surface area (Å²) in [5.41, 5.74) is 1.94. The minimum atomic E-state index is -4.61. The number of carbonyl (C=O) groups excluding carboxylic acids is 3. The minimum absolute atomic E-state index is 0.00672. The van der Waals surface area contributed by atoms with Crippen LogP contribution in [0.2, 0.25) is 5.02 Å². The lowest BCUT2D eigenvalue weighted by Gasteiger charge is -2.25. The van der Waals surface area contributed by atoms with Gasteiger partial charge in [0.1, 0.15) is 5.52 Å². The van der Waals surface area contributed by atoms with Crippen LogP contribution in [0, 0.1) is 5.41 Å². The SMILES string of the molecule is CC(C)(CNC(=O)C(=O)Nc1ccc2ncoc2c1)CNC(=O)c1ccc(Nc2nc(NC3(c4ccc(Cl)cc4)CC3)nc(OCC(F)(F)F)n2)cc1. The number of nitrogens with zero attached hydrogens (tertiary/aromatic N) is 4. The number of anilines is 4. The van der Waals surface area contributed by atoms with Gasteiger partial charge in [-0.25, -0.2) is 4.98 Å². The number of ether oxygens (including phenoxy) is 1. The van der Waals surface area contributed by atoms with Crippen molar-refractivity contribution < 1.29 is 36.7 Å². The third kappa shape index (κ3) is 9.88. The van der Waals surface area contributed by atoms with E-state index in [1.165, 1.54) is 18.5 Å². The molecule has 2 aromatic heterocycles. The first kappa shape index (κ1) is 36.8. The molecule has 1 fully saturated rings. The van der Waals surface area contributed by atoms with E-state index in [0.29, 0.717) is 33.1 Å². The molecule has 0 radical (unpaired) electrons. The number of hydrogen-bond acceptors (Lipinski definition) is 11. The normalized spacial score (nSPS) is 13.5. The second-order valence-corrected chi connectivity index (χ2v) is 13.5. The molecular formula is C35H33ClF3N9O5. The van der Waals surface area contributed by atoms with Crippen LogP contribution in [0.15, 0.2) is 77.5 Å². The molecule has 14 nitrogen and oxygen atoms in total. The molecule has 0 spiro atoms. The first-order valence-electron chi connectivity index (χ1n) is 16.2. The molecule has 5 N–H and O–H groups in total. The Kier molecular flexibility index (Phi) is 10.4. The van der Waals surface area contributed by atoms with E-state index in [-0.39, 0.29) is 25.0 Å². The Labute approximate surface area is 305 Å². The molecule has 3 amide bonds. The van der Waals surface area contributed by atoms with E-state index in [4.69, 9.17) is 20.8 Å². The van der Waals surface area contributed by atoms with Gasteiger partial charge in [0.2, 0.25) is 11.9 Å². The zero-order valence-electron chi connectivity index (χ0n) is 28.3. The predicted molar refractivity (Wildman–Crippen MR) is 189 cm³/mol. The molecule has 18 heteroatoms. The number of hydrogen-bond donors (Lipinski definition) is 5. The molecule has 1 aliphatic carbocycles. The topological polar surface area (TPSA) is 185 Å². The third-order valence-electron chi connectivity index (χ3n) is 8.13. The summed E-state index contributed by atoms with van der Waals surface area (Å²) in [6, 6.07) is 17.7. The summed E-state index contributed by atoms with van der Waals surface area (Å²) in [6.07, 6.45) is -1.87. The van der Waals surface area contributed by atoms with Gasteiger partial charge < -0.3 is 35.7 Å². The Balaban J connectivity index is 1.03. The number of nitrogens with one attached hydrogen (secondary N) is 5. The van der Waals surface area contributed by atoms with Crippen molar-refractivity contribution >= 4 is 63.7 Å². The van der Waals surface area contributed by atoms with Crippen LogP contribution in [0.5, 0.6) is 6.01 Å². The van der Waals surface area contributed by atoms with Crippen molar-refractivity contribution in [3.05, 3.63) is 89.3 Å². The summed E-state index contributed by atoms with van der Waals surface area (Å²) < 4.78 is 48.9. The van der Waals surface area contributed by atoms with Gasteiger partial charge in [-0.3, -0.25) is 14.4 Å². The molecule has 1 aliphatic rings. The molecule has 0 unspecified atom stereocenters. The smallest absolute Gasteiger partial charge is 0.422 e. The number of amides is 3. The zero-order valence-corrected chi connectivity index (χ0v) is 29.1. The van der Waals surface area contributed by atoms with E-state index in [2.05, 4.69) is 46.5 Å². The van der Waals surface area contributed by atoms with Crippen LogP contribution in [-0.4, -0.2) is 63.5 Å². The Hall–Kier alpha value is -5.97. The van der Waals surface area contributed by atoms with E-state index in [1.807, 2.05) is 12.1 Å². The standard InChI is InChI=1S/C35H33ClF3N9O5/c1-33(2,17-41-28(50)29(51)43-24-11-12-25-26(15-24)53-19-42-25)16-40-27(49)20-3-9-23(10-4-20)44-30-45-31(47-32(46-30)52-18-35(37,38)39)48-34(13-14-34)21-5-7-22(36)8-6-21/h3-12,15,19H,13-14,16-18H2,1-2H3,(H,40,49)(H,41,50)(H,43,51)(H2,44,45,46,47,48). The molecule has 276 valence electrons. The fourth-order valence-corrected chi connectivity index (χ4v) is 5.24. The molecule has 3 aromatic carbocycles. The van der Waals surface area contributed by atoms with Crippen molar-refractivity contribution in [3.8, 4) is 6.01 Å². The highest BCUT2D eigenvalue weighted by molar-refractivity contribution is 6.39. The summed E-state index contributed by atoms with van der Waals surface area (Å²) in [6.45, 7) is 2.27. The highest BCUT2D eigenvalue weighted by Gasteiger charge is 2.45. The monoisotopic (exact) mass is 751 g/mol. The van der Waals surface area contributed by atoms with Crippen molar-refractivity contribution in [2.75, 3.05) is 35.6 Å². The highest BCUT2D eigenvalue weighted by Crippen LogP contribution is 2.48. The molecule has 0 aliphatic heterocycles. The van der Waals surface area contributed by atoms with Gasteiger partial charge in [-0.05, 0) is 72.4 Å². The van der Waals surface area contributed by atoms with E-state index < -0.39 is 47.5 Å². The van der Waals surface area contributed by atoms with E-state index >= 15 is 0 Å². The number of oxazole rings is 1. The zero-order chi connectivity index (χ0) is 37.8. The molecular weight excluding hydrogens is 719 g/mol. The summed E-state index contributed by atoms with van der Waals surface area (Å²) in [4.78, 5) is 54.2. The van der Waals surface area contributed by atoms with Crippen LogP contribution in [0.4, 0.5) is 36.4 Å². The molecule has 5 aromatic rings. The maximum Gasteiger partial charge on any atom is 0.422 e. The van der Waals surface area contributed by atoms with E-state index in [9.17, 15) is 27.6 Å². The number of halogens is 4. The molecule has 0 atom stereocenters. The van der Waals surface area contributed by atoms with Crippen LogP contribution in [0.25, 0.3) is 11.1 Å². The summed E-state index contributed by atoms with van der Waals surface area (Å²) in [5.74, 6) is -2.19. The molecule has 2 heterocycles. The quantitative estimate of drug-likeness (QED) is 0.0894. The van der Waals surface area contributed by atoms with Crippen molar-refractivity contribution in [1.82, 2.24) is 30.6 Å². The van der Waals surface area contributed by atoms with Crippen molar-refractivity contribution in [3.63, 3.8) is 0 Å². The summed E-state index contributed by atoms with van der Waals surface area (Å²) in [7, 11) is 0. The van der Waals surface area contributed by atoms with Crippen LogP contribution in [0.3, 0.4) is 0 Å². The predicted octanol–water partition coefficient (Wildman–Crippen LogP) is 5.96. The summed E-state index contributed by atoms with van der Waals surface area (Å²) in [5, 5.41) is 14.6. The lowest BCUT2D eigenvalue weighted by Crippen LogP contribution is -2.44. The van der Waals surface area contributed by atoms with Gasteiger partial charge in [0.15, 0.2) is 18.6 Å². The second-order valence-electron chi connectivity index (χ2n) is 13.1. The Bertz CT molecular complexity index is 2120. The number of benzene rings is 3. The average Bonchev–Trinajstić information content (AvgIpc) is 3.74. The number of alkyl halides is 3. The number of carbonyl (C=O) groups is 3. The number of aromatic nitrogens is 4. The van der Waals surface area contributed by atoms with Crippen molar-refractivity contribution in [2.45, 2.75) is 38.4 Å². The van der Waals surface area contributed by atoms with Gasteiger partial charge >= 0.3 is 24.0 Å². The third-order valence-corrected chi connectivity index (χ3v) is 8.38. The Morgan fingerprint density at radius 1 is 0.868 bits per heavy atom. The van der Waals surface area contributed by atoms with Crippen LogP contribution in [0.1, 0.15) is 42.6 Å². The van der Waals surface area contributed by atoms with E-state index in [1.54, 1.807) is 56.3 Å². The average molecular weight is 752 g/mol. The van der Waals surface area contributed by atoms with Gasteiger partial charge in [-0.15, -0.1) is 0 Å². The van der Waals surface area contributed by atoms with Gasteiger partial charge in [-0.1, -0.05) is 37.6 Å². The van der Waals surface area contributed by atoms with Gasteiger partial charge in [0, 0.05) is 41.1 Å². The molecule has 6 rings (SSSR count). The minimum Gasteiger partial charge on any atom is -0.454 e. The summed E-state index contributed by atoms with van der Waals surface area (Å²) >= 11 is 6.03. The van der Waals surface area contributed by atoms with E-state index in [0.717, 1.165) is 18.4 Å². The molecule has 1 saturated carbocycles. The number of fused-ring (bicyclic) bond motifs is 1. The second kappa shape index (κ2) is 14.9. The fraction of sp³-hybridized carbons (Fsp3) is 0.286. The van der Waals surface area contributed by atoms with Crippen LogP contribution in [-0.2, 0) is 15.1 Å². The number of rotatable bonds is 13. The molecule has 53 heavy (non-hydrogen) atoms. The lowest BCUT2D eigenvalue weighted by atomic mass is 9.93. The fourth-order valence-electron chi connectivity index (χ4n) is 5.11. The molecule has 0 saturated heterocycles. The Morgan fingerprint density at radius 3 is 2.25 bits per heavy atom. The van der Waals surface area contributed by atoms with Crippen LogP contribution >= 0.6 is 11.6 Å².